The molecule has 0 heterocycles. The monoisotopic (exact) mass is 230 g/mol. The zero-order valence-electron chi connectivity index (χ0n) is 10.1. The predicted octanol–water partition coefficient (Wildman–Crippen LogP) is 1.73. The van der Waals surface area contributed by atoms with Gasteiger partial charge in [-0.2, -0.15) is 0 Å². The van der Waals surface area contributed by atoms with E-state index >= 15 is 0 Å². The first kappa shape index (κ1) is 13.1. The van der Waals surface area contributed by atoms with Crippen LogP contribution in [0.1, 0.15) is 25.3 Å². The number of aryl methyl sites for hydroxylation is 1. The fourth-order valence-electron chi connectivity index (χ4n) is 1.54. The number of terminal acetylenes is 1. The molecule has 3 heteroatoms. The quantitative estimate of drug-likeness (QED) is 0.598. The normalized spacial score (nSPS) is 11.5. The fraction of sp³-hybridized carbons (Fsp3) is 0.357. The van der Waals surface area contributed by atoms with E-state index in [2.05, 4.69) is 11.2 Å². The molecule has 0 bridgehead atoms. The van der Waals surface area contributed by atoms with Crippen molar-refractivity contribution in [1.29, 1.82) is 0 Å². The van der Waals surface area contributed by atoms with Gasteiger partial charge < -0.3 is 11.1 Å². The lowest BCUT2D eigenvalue weighted by molar-refractivity contribution is -0.121. The highest BCUT2D eigenvalue weighted by molar-refractivity contribution is 5.77. The van der Waals surface area contributed by atoms with Gasteiger partial charge in [0.25, 0.3) is 0 Å². The van der Waals surface area contributed by atoms with Gasteiger partial charge in [-0.25, -0.2) is 0 Å². The number of hydrogen-bond acceptors (Lipinski definition) is 2. The molecular weight excluding hydrogens is 212 g/mol. The van der Waals surface area contributed by atoms with Crippen LogP contribution in [-0.4, -0.2) is 11.9 Å². The second kappa shape index (κ2) is 6.59. The highest BCUT2D eigenvalue weighted by Gasteiger charge is 2.08. The van der Waals surface area contributed by atoms with Gasteiger partial charge in [0, 0.05) is 12.1 Å². The Hall–Kier alpha value is -1.95. The molecule has 1 amide bonds. The Balaban J connectivity index is 2.44. The van der Waals surface area contributed by atoms with Gasteiger partial charge in [0.15, 0.2) is 0 Å². The molecule has 1 atom stereocenters. The van der Waals surface area contributed by atoms with Gasteiger partial charge >= 0.3 is 0 Å². The SMILES string of the molecule is C#CC(CC)NC(=O)CCc1ccccc1N. The lowest BCUT2D eigenvalue weighted by Crippen LogP contribution is -2.33. The molecule has 1 aromatic rings. The minimum atomic E-state index is -0.171. The molecule has 0 spiro atoms. The Morgan fingerprint density at radius 3 is 2.82 bits per heavy atom. The summed E-state index contributed by atoms with van der Waals surface area (Å²) in [6, 6.07) is 7.39. The molecule has 0 fully saturated rings. The Bertz CT molecular complexity index is 420. The number of nitrogens with two attached hydrogens (primary N) is 1. The third-order valence-electron chi connectivity index (χ3n) is 2.62. The van der Waals surface area contributed by atoms with Gasteiger partial charge in [-0.3, -0.25) is 4.79 Å². The van der Waals surface area contributed by atoms with Gasteiger partial charge in [0.05, 0.1) is 6.04 Å². The van der Waals surface area contributed by atoms with Crippen molar-refractivity contribution >= 4 is 11.6 Å². The third-order valence-corrected chi connectivity index (χ3v) is 2.62. The predicted molar refractivity (Wildman–Crippen MR) is 70.2 cm³/mol. The molecule has 1 unspecified atom stereocenters. The van der Waals surface area contributed by atoms with E-state index in [-0.39, 0.29) is 11.9 Å². The Kier molecular flexibility index (Phi) is 5.09. The molecule has 1 aromatic carbocycles. The van der Waals surface area contributed by atoms with Crippen LogP contribution in [0.4, 0.5) is 5.69 Å². The van der Waals surface area contributed by atoms with Gasteiger partial charge in [0.1, 0.15) is 0 Å². The highest BCUT2D eigenvalue weighted by Crippen LogP contribution is 2.12. The van der Waals surface area contributed by atoms with Gasteiger partial charge in [-0.15, -0.1) is 6.42 Å². The summed E-state index contributed by atoms with van der Waals surface area (Å²) in [5.74, 6) is 2.51. The molecule has 90 valence electrons. The van der Waals surface area contributed by atoms with E-state index in [0.29, 0.717) is 12.8 Å². The number of anilines is 1. The van der Waals surface area contributed by atoms with Crippen LogP contribution in [0, 0.1) is 12.3 Å². The van der Waals surface area contributed by atoms with Crippen LogP contribution in [0.3, 0.4) is 0 Å². The molecule has 0 saturated heterocycles. The third kappa shape index (κ3) is 4.20. The maximum Gasteiger partial charge on any atom is 0.221 e. The largest absolute Gasteiger partial charge is 0.399 e. The molecule has 0 aliphatic rings. The summed E-state index contributed by atoms with van der Waals surface area (Å²) in [7, 11) is 0. The molecule has 17 heavy (non-hydrogen) atoms. The number of amides is 1. The first-order valence-electron chi connectivity index (χ1n) is 5.76. The first-order valence-corrected chi connectivity index (χ1v) is 5.76. The summed E-state index contributed by atoms with van der Waals surface area (Å²) in [5, 5.41) is 2.79. The molecule has 1 rings (SSSR count). The van der Waals surface area contributed by atoms with Crippen molar-refractivity contribution < 1.29 is 4.79 Å². The summed E-state index contributed by atoms with van der Waals surface area (Å²) < 4.78 is 0. The van der Waals surface area contributed by atoms with Crippen LogP contribution in [-0.2, 0) is 11.2 Å². The molecule has 0 saturated carbocycles. The Labute approximate surface area is 102 Å². The number of carbonyl (C=O) groups excluding carboxylic acids is 1. The average Bonchev–Trinajstić information content (AvgIpc) is 2.35. The smallest absolute Gasteiger partial charge is 0.221 e. The summed E-state index contributed by atoms with van der Waals surface area (Å²) >= 11 is 0. The van der Waals surface area contributed by atoms with Crippen molar-refractivity contribution in [2.24, 2.45) is 0 Å². The maximum atomic E-state index is 11.6. The minimum Gasteiger partial charge on any atom is -0.399 e. The summed E-state index contributed by atoms with van der Waals surface area (Å²) in [4.78, 5) is 11.6. The van der Waals surface area contributed by atoms with E-state index in [9.17, 15) is 4.79 Å². The van der Waals surface area contributed by atoms with E-state index in [4.69, 9.17) is 12.2 Å². The molecule has 0 aromatic heterocycles. The van der Waals surface area contributed by atoms with Crippen molar-refractivity contribution in [2.75, 3.05) is 5.73 Å². The van der Waals surface area contributed by atoms with Gasteiger partial charge in [-0.05, 0) is 24.5 Å². The summed E-state index contributed by atoms with van der Waals surface area (Å²) in [6.07, 6.45) is 7.07. The van der Waals surface area contributed by atoms with Crippen LogP contribution in [0.25, 0.3) is 0 Å². The lowest BCUT2D eigenvalue weighted by atomic mass is 10.1. The topological polar surface area (TPSA) is 55.1 Å². The van der Waals surface area contributed by atoms with Crippen LogP contribution in [0.5, 0.6) is 0 Å². The lowest BCUT2D eigenvalue weighted by Gasteiger charge is -2.11. The Morgan fingerprint density at radius 1 is 1.53 bits per heavy atom. The minimum absolute atomic E-state index is 0.0296. The number of rotatable bonds is 5. The number of nitrogens with one attached hydrogen (secondary N) is 1. The summed E-state index contributed by atoms with van der Waals surface area (Å²) in [5.41, 5.74) is 7.52. The van der Waals surface area contributed by atoms with E-state index in [1.807, 2.05) is 31.2 Å². The number of nitrogen functional groups attached to an aromatic ring is 1. The number of para-hydroxylation sites is 1. The molecule has 0 radical (unpaired) electrons. The van der Waals surface area contributed by atoms with Crippen molar-refractivity contribution in [3.05, 3.63) is 29.8 Å². The first-order chi connectivity index (χ1) is 8.17. The van der Waals surface area contributed by atoms with Gasteiger partial charge in [-0.1, -0.05) is 31.0 Å². The van der Waals surface area contributed by atoms with E-state index in [0.717, 1.165) is 17.7 Å². The number of hydrogen-bond donors (Lipinski definition) is 2. The van der Waals surface area contributed by atoms with Crippen molar-refractivity contribution in [1.82, 2.24) is 5.32 Å². The van der Waals surface area contributed by atoms with Gasteiger partial charge in [0.2, 0.25) is 5.91 Å². The molecule has 0 aliphatic carbocycles. The standard InChI is InChI=1S/C14H18N2O/c1-3-12(4-2)16-14(17)10-9-11-7-5-6-8-13(11)15/h1,5-8,12H,4,9-10,15H2,2H3,(H,16,17). The zero-order valence-corrected chi connectivity index (χ0v) is 10.1. The zero-order chi connectivity index (χ0) is 12.7. The van der Waals surface area contributed by atoms with E-state index in [1.165, 1.54) is 0 Å². The second-order valence-electron chi connectivity index (χ2n) is 3.89. The van der Waals surface area contributed by atoms with Crippen LogP contribution < -0.4 is 11.1 Å². The number of carbonyl (C=O) groups is 1. The van der Waals surface area contributed by atoms with Crippen LogP contribution in [0.2, 0.25) is 0 Å². The Morgan fingerprint density at radius 2 is 2.24 bits per heavy atom. The molecular formula is C14H18N2O. The second-order valence-corrected chi connectivity index (χ2v) is 3.89. The molecule has 0 aliphatic heterocycles. The molecule has 3 N–H and O–H groups in total. The molecule has 3 nitrogen and oxygen atoms in total. The van der Waals surface area contributed by atoms with Crippen molar-refractivity contribution in [2.45, 2.75) is 32.2 Å². The van der Waals surface area contributed by atoms with Crippen LogP contribution >= 0.6 is 0 Å². The highest BCUT2D eigenvalue weighted by atomic mass is 16.1. The van der Waals surface area contributed by atoms with Crippen molar-refractivity contribution in [3.8, 4) is 12.3 Å². The maximum absolute atomic E-state index is 11.6. The fourth-order valence-corrected chi connectivity index (χ4v) is 1.54. The number of benzene rings is 1. The average molecular weight is 230 g/mol. The van der Waals surface area contributed by atoms with E-state index < -0.39 is 0 Å². The van der Waals surface area contributed by atoms with E-state index in [1.54, 1.807) is 0 Å². The summed E-state index contributed by atoms with van der Waals surface area (Å²) in [6.45, 7) is 1.94. The van der Waals surface area contributed by atoms with Crippen molar-refractivity contribution in [3.63, 3.8) is 0 Å². The van der Waals surface area contributed by atoms with Crippen LogP contribution in [0.15, 0.2) is 24.3 Å².